The standard InChI is InChI=1S/C19H18FN3O2S/c20-14-9-8-13-4-2-10-23(15(13)12-14)18(24)7-1-6-17-21-19(22-25-17)16-5-3-11-26-16/h3,5,8-9,11-12H,1-2,4,6-7,10H2. The molecule has 3 heterocycles. The third-order valence-corrected chi connectivity index (χ3v) is 5.32. The normalized spacial score (nSPS) is 13.7. The van der Waals surface area contributed by atoms with E-state index in [2.05, 4.69) is 10.1 Å². The van der Waals surface area contributed by atoms with Crippen LogP contribution in [0.15, 0.2) is 40.2 Å². The van der Waals surface area contributed by atoms with Crippen molar-refractivity contribution in [1.82, 2.24) is 10.1 Å². The fraction of sp³-hybridized carbons (Fsp3) is 0.316. The van der Waals surface area contributed by atoms with Gasteiger partial charge in [0.2, 0.25) is 17.6 Å². The number of carbonyl (C=O) groups excluding carboxylic acids is 1. The van der Waals surface area contributed by atoms with E-state index < -0.39 is 0 Å². The maximum Gasteiger partial charge on any atom is 0.227 e. The number of thiophene rings is 1. The summed E-state index contributed by atoms with van der Waals surface area (Å²) in [5.41, 5.74) is 1.74. The predicted molar refractivity (Wildman–Crippen MR) is 97.6 cm³/mol. The molecule has 0 N–H and O–H groups in total. The van der Waals surface area contributed by atoms with Crippen molar-refractivity contribution in [3.05, 3.63) is 53.0 Å². The Morgan fingerprint density at radius 2 is 2.27 bits per heavy atom. The van der Waals surface area contributed by atoms with E-state index in [1.165, 1.54) is 12.1 Å². The smallest absolute Gasteiger partial charge is 0.227 e. The van der Waals surface area contributed by atoms with E-state index in [0.717, 1.165) is 23.3 Å². The van der Waals surface area contributed by atoms with Gasteiger partial charge in [-0.05, 0) is 48.4 Å². The second kappa shape index (κ2) is 7.37. The molecule has 0 radical (unpaired) electrons. The quantitative estimate of drug-likeness (QED) is 0.673. The Balaban J connectivity index is 1.36. The van der Waals surface area contributed by atoms with Crippen LogP contribution in [-0.2, 0) is 17.6 Å². The number of hydrogen-bond acceptors (Lipinski definition) is 5. The number of rotatable bonds is 5. The second-order valence-corrected chi connectivity index (χ2v) is 7.21. The van der Waals surface area contributed by atoms with Crippen LogP contribution >= 0.6 is 11.3 Å². The lowest BCUT2D eigenvalue weighted by Crippen LogP contribution is -2.35. The largest absolute Gasteiger partial charge is 0.339 e. The summed E-state index contributed by atoms with van der Waals surface area (Å²) in [7, 11) is 0. The fourth-order valence-electron chi connectivity index (χ4n) is 3.19. The summed E-state index contributed by atoms with van der Waals surface area (Å²) >= 11 is 1.56. The average molecular weight is 371 g/mol. The number of anilines is 1. The Morgan fingerprint density at radius 1 is 1.35 bits per heavy atom. The first-order valence-corrected chi connectivity index (χ1v) is 9.54. The highest BCUT2D eigenvalue weighted by Gasteiger charge is 2.22. The molecule has 5 nitrogen and oxygen atoms in total. The predicted octanol–water partition coefficient (Wildman–Crippen LogP) is 4.24. The zero-order valence-corrected chi connectivity index (χ0v) is 15.0. The van der Waals surface area contributed by atoms with E-state index >= 15 is 0 Å². The van der Waals surface area contributed by atoms with Crippen LogP contribution in [0.4, 0.5) is 10.1 Å². The average Bonchev–Trinajstić information content (AvgIpc) is 3.32. The van der Waals surface area contributed by atoms with Crippen molar-refractivity contribution >= 4 is 22.9 Å². The van der Waals surface area contributed by atoms with E-state index in [1.54, 1.807) is 22.3 Å². The van der Waals surface area contributed by atoms with Crippen LogP contribution < -0.4 is 4.90 Å². The molecule has 1 amide bonds. The number of benzene rings is 1. The van der Waals surface area contributed by atoms with Gasteiger partial charge in [-0.2, -0.15) is 4.98 Å². The van der Waals surface area contributed by atoms with Gasteiger partial charge in [0.15, 0.2) is 0 Å². The van der Waals surface area contributed by atoms with Crippen LogP contribution in [0.2, 0.25) is 0 Å². The molecule has 0 saturated carbocycles. The van der Waals surface area contributed by atoms with Crippen molar-refractivity contribution in [1.29, 1.82) is 0 Å². The first-order valence-electron chi connectivity index (χ1n) is 8.66. The van der Waals surface area contributed by atoms with Gasteiger partial charge in [-0.25, -0.2) is 4.39 Å². The lowest BCUT2D eigenvalue weighted by Gasteiger charge is -2.29. The van der Waals surface area contributed by atoms with Gasteiger partial charge in [0.25, 0.3) is 0 Å². The van der Waals surface area contributed by atoms with Gasteiger partial charge in [-0.1, -0.05) is 17.3 Å². The Kier molecular flexibility index (Phi) is 4.79. The van der Waals surface area contributed by atoms with E-state index in [9.17, 15) is 9.18 Å². The molecule has 2 aromatic heterocycles. The van der Waals surface area contributed by atoms with Crippen molar-refractivity contribution < 1.29 is 13.7 Å². The minimum Gasteiger partial charge on any atom is -0.339 e. The van der Waals surface area contributed by atoms with Crippen molar-refractivity contribution in [2.75, 3.05) is 11.4 Å². The SMILES string of the molecule is O=C(CCCc1nc(-c2cccs2)no1)N1CCCc2ccc(F)cc21. The monoisotopic (exact) mass is 371 g/mol. The van der Waals surface area contributed by atoms with Gasteiger partial charge in [0, 0.05) is 25.1 Å². The van der Waals surface area contributed by atoms with Crippen molar-refractivity contribution in [3.63, 3.8) is 0 Å². The molecule has 4 rings (SSSR count). The molecule has 0 atom stereocenters. The Hall–Kier alpha value is -2.54. The molecule has 1 aliphatic rings. The maximum atomic E-state index is 13.6. The molecule has 134 valence electrons. The first kappa shape index (κ1) is 16.9. The molecule has 26 heavy (non-hydrogen) atoms. The molecule has 3 aromatic rings. The highest BCUT2D eigenvalue weighted by atomic mass is 32.1. The third-order valence-electron chi connectivity index (χ3n) is 4.46. The lowest BCUT2D eigenvalue weighted by molar-refractivity contribution is -0.118. The maximum absolute atomic E-state index is 13.6. The molecule has 0 aliphatic carbocycles. The summed E-state index contributed by atoms with van der Waals surface area (Å²) in [5.74, 6) is 0.818. The van der Waals surface area contributed by atoms with Gasteiger partial charge in [-0.15, -0.1) is 11.3 Å². The number of carbonyl (C=O) groups is 1. The highest BCUT2D eigenvalue weighted by Crippen LogP contribution is 2.29. The minimum atomic E-state index is -0.310. The van der Waals surface area contributed by atoms with E-state index in [0.29, 0.717) is 43.2 Å². The first-order chi connectivity index (χ1) is 12.7. The topological polar surface area (TPSA) is 59.2 Å². The van der Waals surface area contributed by atoms with Crippen molar-refractivity contribution in [2.24, 2.45) is 0 Å². The number of fused-ring (bicyclic) bond motifs is 1. The molecule has 0 bridgehead atoms. The number of aromatic nitrogens is 2. The van der Waals surface area contributed by atoms with Gasteiger partial charge < -0.3 is 9.42 Å². The summed E-state index contributed by atoms with van der Waals surface area (Å²) in [6, 6.07) is 8.56. The van der Waals surface area contributed by atoms with Crippen LogP contribution in [0.1, 0.15) is 30.7 Å². The van der Waals surface area contributed by atoms with E-state index in [1.807, 2.05) is 17.5 Å². The molecular weight excluding hydrogens is 353 g/mol. The molecule has 1 aromatic carbocycles. The number of amides is 1. The van der Waals surface area contributed by atoms with Crippen molar-refractivity contribution in [2.45, 2.75) is 32.1 Å². The van der Waals surface area contributed by atoms with Crippen LogP contribution in [0.5, 0.6) is 0 Å². The zero-order chi connectivity index (χ0) is 17.9. The number of aryl methyl sites for hydroxylation is 2. The summed E-state index contributed by atoms with van der Waals surface area (Å²) < 4.78 is 18.8. The summed E-state index contributed by atoms with van der Waals surface area (Å²) in [5, 5.41) is 5.93. The lowest BCUT2D eigenvalue weighted by atomic mass is 10.0. The molecule has 0 fully saturated rings. The third kappa shape index (κ3) is 3.53. The fourth-order valence-corrected chi connectivity index (χ4v) is 3.84. The molecule has 0 spiro atoms. The van der Waals surface area contributed by atoms with E-state index in [-0.39, 0.29) is 11.7 Å². The molecule has 1 aliphatic heterocycles. The van der Waals surface area contributed by atoms with Gasteiger partial charge in [0.05, 0.1) is 4.88 Å². The molecule has 0 saturated heterocycles. The zero-order valence-electron chi connectivity index (χ0n) is 14.2. The number of hydrogen-bond donors (Lipinski definition) is 0. The minimum absolute atomic E-state index is 0.00884. The van der Waals surface area contributed by atoms with Gasteiger partial charge in [-0.3, -0.25) is 4.79 Å². The van der Waals surface area contributed by atoms with Crippen molar-refractivity contribution in [3.8, 4) is 10.7 Å². The molecule has 7 heteroatoms. The number of nitrogens with zero attached hydrogens (tertiary/aromatic N) is 3. The Morgan fingerprint density at radius 3 is 3.12 bits per heavy atom. The second-order valence-electron chi connectivity index (χ2n) is 6.26. The van der Waals surface area contributed by atoms with Gasteiger partial charge in [0.1, 0.15) is 5.82 Å². The van der Waals surface area contributed by atoms with Crippen LogP contribution in [0.3, 0.4) is 0 Å². The Bertz CT molecular complexity index is 907. The summed E-state index contributed by atoms with van der Waals surface area (Å²) in [4.78, 5) is 19.6. The van der Waals surface area contributed by atoms with Crippen LogP contribution in [0, 0.1) is 5.82 Å². The molecule has 0 unspecified atom stereocenters. The molecular formula is C19H18FN3O2S. The Labute approximate surface area is 154 Å². The summed E-state index contributed by atoms with van der Waals surface area (Å²) in [6.07, 6.45) is 3.32. The number of halogens is 1. The van der Waals surface area contributed by atoms with E-state index in [4.69, 9.17) is 4.52 Å². The highest BCUT2D eigenvalue weighted by molar-refractivity contribution is 7.13. The summed E-state index contributed by atoms with van der Waals surface area (Å²) in [6.45, 7) is 0.637. The van der Waals surface area contributed by atoms with Crippen LogP contribution in [0.25, 0.3) is 10.7 Å². The van der Waals surface area contributed by atoms with Gasteiger partial charge >= 0.3 is 0 Å². The van der Waals surface area contributed by atoms with Crippen LogP contribution in [-0.4, -0.2) is 22.6 Å².